The summed E-state index contributed by atoms with van der Waals surface area (Å²) >= 11 is 0. The molecule has 0 saturated heterocycles. The molecule has 1 amide bonds. The molecule has 0 aliphatic carbocycles. The molecule has 0 spiro atoms. The number of carbonyl (C=O) groups is 1. The van der Waals surface area contributed by atoms with E-state index in [1.807, 2.05) is 56.3 Å². The molecule has 1 aliphatic rings. The molecular formula is C26H25F3N4O2. The van der Waals surface area contributed by atoms with Crippen molar-refractivity contribution in [1.82, 2.24) is 14.6 Å². The lowest BCUT2D eigenvalue weighted by atomic mass is 10.0. The molecule has 3 aromatic heterocycles. The molecule has 0 fully saturated rings. The molecule has 4 heterocycles. The van der Waals surface area contributed by atoms with E-state index in [2.05, 4.69) is 10.1 Å². The summed E-state index contributed by atoms with van der Waals surface area (Å²) in [7, 11) is 0. The SMILES string of the molecule is CC.O=C(c1nn2ccccc2c1-c1ccccc1)N1CCCCOc2ncc(C(F)(F)F)cc21. The van der Waals surface area contributed by atoms with Crippen LogP contribution in [0.1, 0.15) is 42.7 Å². The molecule has 9 heteroatoms. The highest BCUT2D eigenvalue weighted by molar-refractivity contribution is 6.11. The first kappa shape index (κ1) is 24.3. The van der Waals surface area contributed by atoms with E-state index in [-0.39, 0.29) is 23.8 Å². The van der Waals surface area contributed by atoms with Gasteiger partial charge >= 0.3 is 6.18 Å². The van der Waals surface area contributed by atoms with Gasteiger partial charge in [-0.05, 0) is 36.6 Å². The van der Waals surface area contributed by atoms with Crippen LogP contribution in [0.5, 0.6) is 5.88 Å². The number of ether oxygens (including phenoxy) is 1. The number of aromatic nitrogens is 3. The third-order valence-corrected chi connectivity index (χ3v) is 5.52. The highest BCUT2D eigenvalue weighted by Gasteiger charge is 2.35. The lowest BCUT2D eigenvalue weighted by Crippen LogP contribution is -2.34. The minimum atomic E-state index is -4.60. The van der Waals surface area contributed by atoms with Crippen molar-refractivity contribution >= 4 is 17.1 Å². The lowest BCUT2D eigenvalue weighted by molar-refractivity contribution is -0.137. The number of amides is 1. The van der Waals surface area contributed by atoms with E-state index in [1.54, 1.807) is 16.8 Å². The second kappa shape index (κ2) is 10.2. The third kappa shape index (κ3) is 4.84. The van der Waals surface area contributed by atoms with Crippen molar-refractivity contribution in [3.05, 3.63) is 78.2 Å². The number of nitrogens with zero attached hydrogens (tertiary/aromatic N) is 4. The summed E-state index contributed by atoms with van der Waals surface area (Å²) in [6, 6.07) is 15.7. The van der Waals surface area contributed by atoms with Crippen molar-refractivity contribution in [3.63, 3.8) is 0 Å². The number of benzene rings is 1. The summed E-state index contributed by atoms with van der Waals surface area (Å²) < 4.78 is 47.4. The number of hydrogen-bond donors (Lipinski definition) is 0. The van der Waals surface area contributed by atoms with Gasteiger partial charge in [0.05, 0.1) is 17.7 Å². The Morgan fingerprint density at radius 1 is 1.03 bits per heavy atom. The Labute approximate surface area is 201 Å². The van der Waals surface area contributed by atoms with E-state index < -0.39 is 17.6 Å². The van der Waals surface area contributed by atoms with Gasteiger partial charge in [0.1, 0.15) is 5.69 Å². The summed E-state index contributed by atoms with van der Waals surface area (Å²) in [6.45, 7) is 4.54. The quantitative estimate of drug-likeness (QED) is 0.338. The first-order valence-corrected chi connectivity index (χ1v) is 11.5. The fraction of sp³-hybridized carbons (Fsp3) is 0.269. The monoisotopic (exact) mass is 482 g/mol. The maximum atomic E-state index is 13.8. The minimum Gasteiger partial charge on any atom is -0.476 e. The first-order valence-electron chi connectivity index (χ1n) is 11.5. The van der Waals surface area contributed by atoms with Gasteiger partial charge in [-0.2, -0.15) is 18.3 Å². The molecule has 0 N–H and O–H groups in total. The van der Waals surface area contributed by atoms with Crippen LogP contribution in [-0.4, -0.2) is 33.7 Å². The van der Waals surface area contributed by atoms with Gasteiger partial charge in [0, 0.05) is 24.5 Å². The van der Waals surface area contributed by atoms with Crippen LogP contribution in [0, 0.1) is 0 Å². The first-order chi connectivity index (χ1) is 16.9. The predicted octanol–water partition coefficient (Wildman–Crippen LogP) is 6.26. The Morgan fingerprint density at radius 3 is 2.51 bits per heavy atom. The van der Waals surface area contributed by atoms with Crippen molar-refractivity contribution in [2.24, 2.45) is 0 Å². The van der Waals surface area contributed by atoms with E-state index in [9.17, 15) is 18.0 Å². The molecule has 0 unspecified atom stereocenters. The molecule has 1 aromatic carbocycles. The number of fused-ring (bicyclic) bond motifs is 2. The normalized spacial score (nSPS) is 13.7. The van der Waals surface area contributed by atoms with Crippen LogP contribution in [0.25, 0.3) is 16.6 Å². The molecule has 1 aliphatic heterocycles. The van der Waals surface area contributed by atoms with E-state index in [4.69, 9.17) is 4.74 Å². The van der Waals surface area contributed by atoms with Crippen molar-refractivity contribution in [3.8, 4) is 17.0 Å². The number of pyridine rings is 2. The Morgan fingerprint density at radius 2 is 1.77 bits per heavy atom. The van der Waals surface area contributed by atoms with Crippen molar-refractivity contribution in [1.29, 1.82) is 0 Å². The van der Waals surface area contributed by atoms with Crippen LogP contribution in [-0.2, 0) is 6.18 Å². The predicted molar refractivity (Wildman–Crippen MR) is 128 cm³/mol. The highest BCUT2D eigenvalue weighted by Crippen LogP contribution is 2.38. The van der Waals surface area contributed by atoms with Crippen LogP contribution in [0.2, 0.25) is 0 Å². The molecule has 0 radical (unpaired) electrons. The zero-order valence-electron chi connectivity index (χ0n) is 19.4. The fourth-order valence-electron chi connectivity index (χ4n) is 3.94. The maximum absolute atomic E-state index is 13.8. The molecule has 5 rings (SSSR count). The summed E-state index contributed by atoms with van der Waals surface area (Å²) in [5.41, 5.74) is 1.32. The van der Waals surface area contributed by atoms with E-state index >= 15 is 0 Å². The standard InChI is InChI=1S/C24H19F3N4O2.C2H6/c25-24(26,27)17-14-19-22(28-15-17)33-13-7-6-11-30(19)23(32)21-20(16-8-2-1-3-9-16)18-10-4-5-12-31(18)29-21;1-2/h1-5,8-10,12,14-15H,6-7,11,13H2;1-2H3. The van der Waals surface area contributed by atoms with Gasteiger partial charge in [-0.15, -0.1) is 0 Å². The molecule has 35 heavy (non-hydrogen) atoms. The maximum Gasteiger partial charge on any atom is 0.417 e. The molecule has 4 aromatic rings. The zero-order chi connectivity index (χ0) is 25.0. The summed E-state index contributed by atoms with van der Waals surface area (Å²) in [4.78, 5) is 19.0. The highest BCUT2D eigenvalue weighted by atomic mass is 19.4. The Bertz CT molecular complexity index is 1320. The van der Waals surface area contributed by atoms with E-state index in [0.717, 1.165) is 23.3 Å². The second-order valence-electron chi connectivity index (χ2n) is 7.68. The van der Waals surface area contributed by atoms with Gasteiger partial charge < -0.3 is 9.64 Å². The summed E-state index contributed by atoms with van der Waals surface area (Å²) in [6.07, 6.45) is -0.939. The van der Waals surface area contributed by atoms with Crippen molar-refractivity contribution in [2.75, 3.05) is 18.1 Å². The topological polar surface area (TPSA) is 59.7 Å². The Kier molecular flexibility index (Phi) is 7.04. The number of carbonyl (C=O) groups excluding carboxylic acids is 1. The van der Waals surface area contributed by atoms with Gasteiger partial charge in [-0.3, -0.25) is 4.79 Å². The zero-order valence-corrected chi connectivity index (χ0v) is 19.4. The van der Waals surface area contributed by atoms with Crippen LogP contribution in [0.4, 0.5) is 18.9 Å². The smallest absolute Gasteiger partial charge is 0.417 e. The molecule has 0 atom stereocenters. The summed E-state index contributed by atoms with van der Waals surface area (Å²) in [5.74, 6) is -0.508. The largest absolute Gasteiger partial charge is 0.476 e. The average molecular weight is 483 g/mol. The van der Waals surface area contributed by atoms with Gasteiger partial charge in [0.2, 0.25) is 5.88 Å². The number of hydrogen-bond acceptors (Lipinski definition) is 4. The van der Waals surface area contributed by atoms with E-state index in [1.165, 1.54) is 4.90 Å². The molecule has 0 bridgehead atoms. The Balaban J connectivity index is 0.00000141. The van der Waals surface area contributed by atoms with Crippen LogP contribution >= 0.6 is 0 Å². The fourth-order valence-corrected chi connectivity index (χ4v) is 3.94. The van der Waals surface area contributed by atoms with Crippen LogP contribution in [0.15, 0.2) is 67.0 Å². The van der Waals surface area contributed by atoms with Gasteiger partial charge in [-0.1, -0.05) is 50.2 Å². The van der Waals surface area contributed by atoms with Gasteiger partial charge in [0.15, 0.2) is 5.69 Å². The molecular weight excluding hydrogens is 457 g/mol. The Hall–Kier alpha value is -3.88. The van der Waals surface area contributed by atoms with Crippen LogP contribution in [0.3, 0.4) is 0 Å². The number of anilines is 1. The third-order valence-electron chi connectivity index (χ3n) is 5.52. The molecule has 6 nitrogen and oxygen atoms in total. The second-order valence-corrected chi connectivity index (χ2v) is 7.68. The average Bonchev–Trinajstić information content (AvgIpc) is 3.25. The number of halogens is 3. The minimum absolute atomic E-state index is 0.000996. The molecule has 182 valence electrons. The lowest BCUT2D eigenvalue weighted by Gasteiger charge is -2.27. The van der Waals surface area contributed by atoms with Gasteiger partial charge in [-0.25, -0.2) is 9.50 Å². The van der Waals surface area contributed by atoms with Crippen molar-refractivity contribution in [2.45, 2.75) is 32.9 Å². The van der Waals surface area contributed by atoms with Crippen LogP contribution < -0.4 is 9.64 Å². The van der Waals surface area contributed by atoms with Gasteiger partial charge in [0.25, 0.3) is 5.91 Å². The van der Waals surface area contributed by atoms with E-state index in [0.29, 0.717) is 25.0 Å². The number of alkyl halides is 3. The summed E-state index contributed by atoms with van der Waals surface area (Å²) in [5, 5.41) is 4.50. The molecule has 0 saturated carbocycles. The number of rotatable bonds is 2. The van der Waals surface area contributed by atoms with Crippen molar-refractivity contribution < 1.29 is 22.7 Å².